The Balaban J connectivity index is 2.62. The van der Waals surface area contributed by atoms with E-state index in [4.69, 9.17) is 4.74 Å². The Morgan fingerprint density at radius 2 is 1.94 bits per heavy atom. The number of rotatable bonds is 1. The first-order valence-corrected chi connectivity index (χ1v) is 5.55. The number of Topliss-reactive ketones (excluding diaryl/α,β-unsaturated/α-hetero) is 1. The van der Waals surface area contributed by atoms with E-state index in [9.17, 15) is 9.59 Å². The molecular formula is C12H19NO3. The fourth-order valence-electron chi connectivity index (χ4n) is 1.28. The Morgan fingerprint density at radius 1 is 1.31 bits per heavy atom. The van der Waals surface area contributed by atoms with Crippen molar-refractivity contribution in [3.8, 4) is 0 Å². The second kappa shape index (κ2) is 5.25. The fraction of sp³-hybridized carbons (Fsp3) is 0.667. The summed E-state index contributed by atoms with van der Waals surface area (Å²) >= 11 is 0. The number of esters is 1. The molecule has 0 radical (unpaired) electrons. The second-order valence-corrected chi connectivity index (χ2v) is 4.97. The lowest BCUT2D eigenvalue weighted by molar-refractivity contribution is -0.147. The van der Waals surface area contributed by atoms with Crippen LogP contribution in [0.15, 0.2) is 11.8 Å². The summed E-state index contributed by atoms with van der Waals surface area (Å²) in [5.41, 5.74) is 0.0610. The zero-order chi connectivity index (χ0) is 12.2. The van der Waals surface area contributed by atoms with E-state index in [1.165, 1.54) is 6.26 Å². The van der Waals surface area contributed by atoms with Crippen LogP contribution >= 0.6 is 0 Å². The van der Waals surface area contributed by atoms with E-state index in [-0.39, 0.29) is 11.8 Å². The average Bonchev–Trinajstić information content (AvgIpc) is 2.38. The third-order valence-corrected chi connectivity index (χ3v) is 2.38. The molecule has 4 nitrogen and oxygen atoms in total. The smallest absolute Gasteiger partial charge is 0.316 e. The van der Waals surface area contributed by atoms with Crippen molar-refractivity contribution in [1.29, 1.82) is 0 Å². The summed E-state index contributed by atoms with van der Waals surface area (Å²) in [6.45, 7) is 6.80. The van der Waals surface area contributed by atoms with E-state index in [0.717, 1.165) is 6.54 Å². The van der Waals surface area contributed by atoms with E-state index in [2.05, 4.69) is 5.32 Å². The number of ketones is 1. The van der Waals surface area contributed by atoms with E-state index in [1.807, 2.05) is 0 Å². The molecular weight excluding hydrogens is 206 g/mol. The molecule has 0 saturated carbocycles. The zero-order valence-electron chi connectivity index (χ0n) is 10.1. The topological polar surface area (TPSA) is 55.4 Å². The maximum Gasteiger partial charge on any atom is 0.316 e. The Morgan fingerprint density at radius 3 is 2.56 bits per heavy atom. The van der Waals surface area contributed by atoms with Gasteiger partial charge in [-0.3, -0.25) is 9.59 Å². The molecule has 1 fully saturated rings. The van der Waals surface area contributed by atoms with Crippen LogP contribution in [0.1, 0.15) is 33.6 Å². The number of ether oxygens (including phenoxy) is 1. The van der Waals surface area contributed by atoms with Crippen molar-refractivity contribution in [3.05, 3.63) is 11.8 Å². The molecule has 0 unspecified atom stereocenters. The molecule has 0 aliphatic carbocycles. The van der Waals surface area contributed by atoms with Crippen LogP contribution in [0, 0.1) is 5.41 Å². The lowest BCUT2D eigenvalue weighted by Gasteiger charge is -2.14. The highest BCUT2D eigenvalue weighted by molar-refractivity contribution is 5.95. The standard InChI is InChI=1S/C12H19NO3/c1-12(2,3)11(15)16-8-9-4-6-13-7-5-10(9)14/h8,13H,4-7H2,1-3H3/b9-8+. The number of nitrogens with one attached hydrogen (secondary N) is 1. The van der Waals surface area contributed by atoms with Gasteiger partial charge in [0, 0.05) is 18.5 Å². The molecule has 1 aliphatic heterocycles. The molecule has 16 heavy (non-hydrogen) atoms. The van der Waals surface area contributed by atoms with Gasteiger partial charge in [-0.15, -0.1) is 0 Å². The summed E-state index contributed by atoms with van der Waals surface area (Å²) in [4.78, 5) is 23.1. The van der Waals surface area contributed by atoms with Crippen molar-refractivity contribution >= 4 is 11.8 Å². The van der Waals surface area contributed by atoms with Gasteiger partial charge in [0.2, 0.25) is 0 Å². The molecule has 4 heteroatoms. The highest BCUT2D eigenvalue weighted by atomic mass is 16.5. The summed E-state index contributed by atoms with van der Waals surface area (Å²) in [6, 6.07) is 0. The van der Waals surface area contributed by atoms with Crippen molar-refractivity contribution in [2.45, 2.75) is 33.6 Å². The van der Waals surface area contributed by atoms with Gasteiger partial charge in [-0.1, -0.05) is 0 Å². The highest BCUT2D eigenvalue weighted by Gasteiger charge is 2.23. The van der Waals surface area contributed by atoms with Gasteiger partial charge in [-0.2, -0.15) is 0 Å². The molecule has 0 atom stereocenters. The molecule has 90 valence electrons. The van der Waals surface area contributed by atoms with Crippen molar-refractivity contribution in [2.75, 3.05) is 13.1 Å². The Hall–Kier alpha value is -1.16. The quantitative estimate of drug-likeness (QED) is 0.416. The van der Waals surface area contributed by atoms with Crippen molar-refractivity contribution in [2.24, 2.45) is 5.41 Å². The van der Waals surface area contributed by atoms with Crippen LogP contribution in [0.3, 0.4) is 0 Å². The van der Waals surface area contributed by atoms with Crippen LogP contribution in [-0.4, -0.2) is 24.8 Å². The lowest BCUT2D eigenvalue weighted by atomic mass is 9.97. The first-order chi connectivity index (χ1) is 7.41. The summed E-state index contributed by atoms with van der Waals surface area (Å²) in [5, 5.41) is 3.12. The fourth-order valence-corrected chi connectivity index (χ4v) is 1.28. The monoisotopic (exact) mass is 225 g/mol. The minimum Gasteiger partial charge on any atom is -0.434 e. The van der Waals surface area contributed by atoms with Gasteiger partial charge in [-0.05, 0) is 33.7 Å². The van der Waals surface area contributed by atoms with Gasteiger partial charge >= 0.3 is 5.97 Å². The number of carbonyl (C=O) groups is 2. The number of hydrogen-bond donors (Lipinski definition) is 1. The molecule has 1 heterocycles. The molecule has 1 N–H and O–H groups in total. The number of carbonyl (C=O) groups excluding carboxylic acids is 2. The second-order valence-electron chi connectivity index (χ2n) is 4.97. The maximum atomic E-state index is 11.6. The third kappa shape index (κ3) is 3.77. The summed E-state index contributed by atoms with van der Waals surface area (Å²) < 4.78 is 5.02. The first kappa shape index (κ1) is 12.9. The Bertz CT molecular complexity index is 313. The molecule has 1 aliphatic rings. The van der Waals surface area contributed by atoms with E-state index >= 15 is 0 Å². The van der Waals surface area contributed by atoms with Crippen LogP contribution in [0.4, 0.5) is 0 Å². The van der Waals surface area contributed by atoms with Crippen molar-refractivity contribution < 1.29 is 14.3 Å². The van der Waals surface area contributed by atoms with Gasteiger partial charge in [0.1, 0.15) is 6.26 Å². The SMILES string of the molecule is CC(C)(C)C(=O)O/C=C1\CCNCCC1=O. The van der Waals surface area contributed by atoms with E-state index < -0.39 is 5.41 Å². The number of hydrogen-bond acceptors (Lipinski definition) is 4. The van der Waals surface area contributed by atoms with Crippen LogP contribution in [0.25, 0.3) is 0 Å². The van der Waals surface area contributed by atoms with Crippen molar-refractivity contribution in [1.82, 2.24) is 5.32 Å². The zero-order valence-corrected chi connectivity index (χ0v) is 10.1. The lowest BCUT2D eigenvalue weighted by Crippen LogP contribution is -2.21. The first-order valence-electron chi connectivity index (χ1n) is 5.55. The van der Waals surface area contributed by atoms with Crippen molar-refractivity contribution in [3.63, 3.8) is 0 Å². The molecule has 0 aromatic rings. The Labute approximate surface area is 96.0 Å². The minimum absolute atomic E-state index is 0.0618. The largest absolute Gasteiger partial charge is 0.434 e. The van der Waals surface area contributed by atoms with Crippen LogP contribution < -0.4 is 5.32 Å². The molecule has 0 aromatic carbocycles. The van der Waals surface area contributed by atoms with E-state index in [0.29, 0.717) is 25.0 Å². The molecule has 1 saturated heterocycles. The minimum atomic E-state index is -0.539. The molecule has 1 rings (SSSR count). The van der Waals surface area contributed by atoms with Crippen LogP contribution in [-0.2, 0) is 14.3 Å². The molecule has 0 bridgehead atoms. The summed E-state index contributed by atoms with van der Waals surface area (Å²) in [6.07, 6.45) is 2.41. The van der Waals surface area contributed by atoms with Gasteiger partial charge in [-0.25, -0.2) is 0 Å². The predicted molar refractivity (Wildman–Crippen MR) is 60.7 cm³/mol. The average molecular weight is 225 g/mol. The molecule has 0 amide bonds. The third-order valence-electron chi connectivity index (χ3n) is 2.38. The van der Waals surface area contributed by atoms with Crippen LogP contribution in [0.5, 0.6) is 0 Å². The summed E-state index contributed by atoms with van der Waals surface area (Å²) in [7, 11) is 0. The highest BCUT2D eigenvalue weighted by Crippen LogP contribution is 2.16. The predicted octanol–water partition coefficient (Wildman–Crippen LogP) is 1.41. The van der Waals surface area contributed by atoms with Gasteiger partial charge in [0.25, 0.3) is 0 Å². The van der Waals surface area contributed by atoms with E-state index in [1.54, 1.807) is 20.8 Å². The molecule has 0 spiro atoms. The van der Waals surface area contributed by atoms with Gasteiger partial charge in [0.15, 0.2) is 5.78 Å². The van der Waals surface area contributed by atoms with Gasteiger partial charge in [0.05, 0.1) is 5.41 Å². The molecule has 0 aromatic heterocycles. The van der Waals surface area contributed by atoms with Crippen LogP contribution in [0.2, 0.25) is 0 Å². The Kier molecular flexibility index (Phi) is 4.24. The summed E-state index contributed by atoms with van der Waals surface area (Å²) in [5.74, 6) is -0.253. The normalized spacial score (nSPS) is 20.7. The maximum absolute atomic E-state index is 11.6. The van der Waals surface area contributed by atoms with Gasteiger partial charge < -0.3 is 10.1 Å².